The molecule has 2 aromatic heterocycles. The summed E-state index contributed by atoms with van der Waals surface area (Å²) in [6, 6.07) is 4.88. The van der Waals surface area contributed by atoms with Crippen molar-refractivity contribution < 1.29 is 0 Å². The minimum Gasteiger partial charge on any atom is -0.346 e. The highest BCUT2D eigenvalue weighted by Crippen LogP contribution is 2.23. The van der Waals surface area contributed by atoms with Gasteiger partial charge in [-0.25, -0.2) is 4.98 Å². The average molecular weight is 215 g/mol. The summed E-state index contributed by atoms with van der Waals surface area (Å²) in [7, 11) is 2.23. The molecule has 0 radical (unpaired) electrons. The predicted octanol–water partition coefficient (Wildman–Crippen LogP) is 2.20. The zero-order valence-corrected chi connectivity index (χ0v) is 9.61. The Balaban J connectivity index is 1.89. The molecule has 0 amide bonds. The summed E-state index contributed by atoms with van der Waals surface area (Å²) >= 11 is 0. The summed E-state index contributed by atoms with van der Waals surface area (Å²) in [6.07, 6.45) is 7.75. The number of likely N-dealkylation sites (N-methyl/N-ethyl adjacent to an activating group) is 1. The van der Waals surface area contributed by atoms with Crippen molar-refractivity contribution in [1.82, 2.24) is 14.9 Å². The highest BCUT2D eigenvalue weighted by Gasteiger charge is 2.21. The van der Waals surface area contributed by atoms with E-state index in [1.807, 2.05) is 12.3 Å². The van der Waals surface area contributed by atoms with Gasteiger partial charge in [-0.1, -0.05) is 0 Å². The molecule has 1 N–H and O–H groups in total. The van der Waals surface area contributed by atoms with Crippen molar-refractivity contribution in [1.29, 1.82) is 0 Å². The van der Waals surface area contributed by atoms with E-state index in [0.29, 0.717) is 6.04 Å². The second-order valence-corrected chi connectivity index (χ2v) is 4.69. The van der Waals surface area contributed by atoms with Crippen LogP contribution < -0.4 is 0 Å². The summed E-state index contributed by atoms with van der Waals surface area (Å²) in [5, 5.41) is 1.28. The van der Waals surface area contributed by atoms with Gasteiger partial charge >= 0.3 is 0 Å². The predicted molar refractivity (Wildman–Crippen MR) is 65.4 cm³/mol. The number of nitrogens with zero attached hydrogens (tertiary/aromatic N) is 2. The van der Waals surface area contributed by atoms with Crippen molar-refractivity contribution in [3.63, 3.8) is 0 Å². The van der Waals surface area contributed by atoms with Gasteiger partial charge in [0.2, 0.25) is 0 Å². The van der Waals surface area contributed by atoms with Gasteiger partial charge in [-0.15, -0.1) is 0 Å². The number of hydrogen-bond acceptors (Lipinski definition) is 2. The Hall–Kier alpha value is -1.35. The Kier molecular flexibility index (Phi) is 2.40. The summed E-state index contributed by atoms with van der Waals surface area (Å²) in [6.45, 7) is 1.24. The normalized spacial score (nSPS) is 21.9. The van der Waals surface area contributed by atoms with Gasteiger partial charge in [-0.2, -0.15) is 0 Å². The molecule has 3 heterocycles. The molecule has 2 aromatic rings. The molecule has 0 saturated carbocycles. The number of nitrogens with one attached hydrogen (secondary N) is 1. The number of pyridine rings is 1. The van der Waals surface area contributed by atoms with Crippen molar-refractivity contribution >= 4 is 11.0 Å². The van der Waals surface area contributed by atoms with Crippen LogP contribution in [0.2, 0.25) is 0 Å². The van der Waals surface area contributed by atoms with Crippen LogP contribution >= 0.6 is 0 Å². The monoisotopic (exact) mass is 215 g/mol. The quantitative estimate of drug-likeness (QED) is 0.832. The van der Waals surface area contributed by atoms with Gasteiger partial charge in [-0.05, 0) is 50.6 Å². The first-order chi connectivity index (χ1) is 7.84. The lowest BCUT2D eigenvalue weighted by molar-refractivity contribution is 0.310. The maximum atomic E-state index is 4.33. The molecule has 0 aromatic carbocycles. The second kappa shape index (κ2) is 3.91. The topological polar surface area (TPSA) is 31.9 Å². The molecule has 1 fully saturated rings. The molecular weight excluding hydrogens is 198 g/mol. The van der Waals surface area contributed by atoms with Gasteiger partial charge in [0.05, 0.1) is 0 Å². The van der Waals surface area contributed by atoms with Crippen LogP contribution in [0.3, 0.4) is 0 Å². The van der Waals surface area contributed by atoms with Crippen LogP contribution in [0.1, 0.15) is 18.4 Å². The SMILES string of the molecule is CN1CCC[C@@H]1Cc1c[nH]c2ncccc12. The lowest BCUT2D eigenvalue weighted by Gasteiger charge is -2.18. The number of aromatic nitrogens is 2. The third kappa shape index (κ3) is 1.61. The molecule has 1 atom stereocenters. The van der Waals surface area contributed by atoms with Crippen molar-refractivity contribution in [2.24, 2.45) is 0 Å². The third-order valence-corrected chi connectivity index (χ3v) is 3.66. The molecule has 1 aliphatic heterocycles. The molecular formula is C13H17N3. The van der Waals surface area contributed by atoms with E-state index in [1.54, 1.807) is 0 Å². The first-order valence-corrected chi connectivity index (χ1v) is 5.96. The largest absolute Gasteiger partial charge is 0.346 e. The van der Waals surface area contributed by atoms with Crippen molar-refractivity contribution in [3.05, 3.63) is 30.1 Å². The molecule has 0 aliphatic carbocycles. The first kappa shape index (κ1) is 9.85. The fourth-order valence-electron chi connectivity index (χ4n) is 2.67. The van der Waals surface area contributed by atoms with Crippen molar-refractivity contribution in [3.8, 4) is 0 Å². The number of aromatic amines is 1. The summed E-state index contributed by atoms with van der Waals surface area (Å²) in [5.41, 5.74) is 2.42. The van der Waals surface area contributed by atoms with Crippen LogP contribution in [-0.2, 0) is 6.42 Å². The van der Waals surface area contributed by atoms with Crippen LogP contribution in [-0.4, -0.2) is 34.5 Å². The molecule has 84 valence electrons. The first-order valence-electron chi connectivity index (χ1n) is 5.96. The Labute approximate surface area is 95.5 Å². The van der Waals surface area contributed by atoms with Crippen molar-refractivity contribution in [2.45, 2.75) is 25.3 Å². The molecule has 3 heteroatoms. The molecule has 1 saturated heterocycles. The van der Waals surface area contributed by atoms with Gasteiger partial charge in [0.15, 0.2) is 0 Å². The number of hydrogen-bond donors (Lipinski definition) is 1. The minimum atomic E-state index is 0.708. The molecule has 3 rings (SSSR count). The van der Waals surface area contributed by atoms with E-state index in [-0.39, 0.29) is 0 Å². The Morgan fingerprint density at radius 1 is 1.56 bits per heavy atom. The fourth-order valence-corrected chi connectivity index (χ4v) is 2.67. The maximum absolute atomic E-state index is 4.33. The van der Waals surface area contributed by atoms with E-state index in [2.05, 4.69) is 34.2 Å². The molecule has 0 spiro atoms. The number of fused-ring (bicyclic) bond motifs is 1. The van der Waals surface area contributed by atoms with Crippen LogP contribution in [0, 0.1) is 0 Å². The van der Waals surface area contributed by atoms with Crippen LogP contribution in [0.15, 0.2) is 24.5 Å². The molecule has 1 aliphatic rings. The Morgan fingerprint density at radius 3 is 3.31 bits per heavy atom. The van der Waals surface area contributed by atoms with E-state index in [4.69, 9.17) is 0 Å². The van der Waals surface area contributed by atoms with Gasteiger partial charge in [0, 0.05) is 23.8 Å². The number of rotatable bonds is 2. The molecule has 0 bridgehead atoms. The minimum absolute atomic E-state index is 0.708. The molecule has 3 nitrogen and oxygen atoms in total. The van der Waals surface area contributed by atoms with Crippen LogP contribution in [0.25, 0.3) is 11.0 Å². The van der Waals surface area contributed by atoms with Gasteiger partial charge in [0.1, 0.15) is 5.65 Å². The van der Waals surface area contributed by atoms with E-state index >= 15 is 0 Å². The summed E-state index contributed by atoms with van der Waals surface area (Å²) < 4.78 is 0. The zero-order valence-electron chi connectivity index (χ0n) is 9.61. The Morgan fingerprint density at radius 2 is 2.50 bits per heavy atom. The van der Waals surface area contributed by atoms with Gasteiger partial charge < -0.3 is 9.88 Å². The Bertz CT molecular complexity index is 489. The van der Waals surface area contributed by atoms with E-state index < -0.39 is 0 Å². The highest BCUT2D eigenvalue weighted by atomic mass is 15.1. The smallest absolute Gasteiger partial charge is 0.137 e. The zero-order chi connectivity index (χ0) is 11.0. The molecule has 16 heavy (non-hydrogen) atoms. The van der Waals surface area contributed by atoms with E-state index in [1.165, 1.54) is 30.3 Å². The maximum Gasteiger partial charge on any atom is 0.137 e. The number of H-pyrrole nitrogens is 1. The number of likely N-dealkylation sites (tertiary alicyclic amines) is 1. The standard InChI is InChI=1S/C13H17N3/c1-16-7-3-4-11(16)8-10-9-15-13-12(10)5-2-6-14-13/h2,5-6,9,11H,3-4,7-8H2,1H3,(H,14,15)/t11-/m1/s1. The van der Waals surface area contributed by atoms with Crippen LogP contribution in [0.5, 0.6) is 0 Å². The van der Waals surface area contributed by atoms with Crippen LogP contribution in [0.4, 0.5) is 0 Å². The highest BCUT2D eigenvalue weighted by molar-refractivity contribution is 5.79. The van der Waals surface area contributed by atoms with Gasteiger partial charge in [-0.3, -0.25) is 0 Å². The lowest BCUT2D eigenvalue weighted by Crippen LogP contribution is -2.26. The lowest BCUT2D eigenvalue weighted by atomic mass is 10.0. The van der Waals surface area contributed by atoms with E-state index in [9.17, 15) is 0 Å². The second-order valence-electron chi connectivity index (χ2n) is 4.69. The summed E-state index contributed by atoms with van der Waals surface area (Å²) in [5.74, 6) is 0. The van der Waals surface area contributed by atoms with E-state index in [0.717, 1.165) is 12.1 Å². The molecule has 0 unspecified atom stereocenters. The summed E-state index contributed by atoms with van der Waals surface area (Å²) in [4.78, 5) is 10.0. The van der Waals surface area contributed by atoms with Crippen molar-refractivity contribution in [2.75, 3.05) is 13.6 Å². The average Bonchev–Trinajstić information content (AvgIpc) is 2.88. The fraction of sp³-hybridized carbons (Fsp3) is 0.462. The van der Waals surface area contributed by atoms with Gasteiger partial charge in [0.25, 0.3) is 0 Å². The third-order valence-electron chi connectivity index (χ3n) is 3.66.